The zero-order chi connectivity index (χ0) is 9.60. The Morgan fingerprint density at radius 2 is 2.43 bits per heavy atom. The average molecular weight is 197 g/mol. The molecule has 3 heterocycles. The van der Waals surface area contributed by atoms with Crippen LogP contribution in [0.25, 0.3) is 0 Å². The van der Waals surface area contributed by atoms with Crippen molar-refractivity contribution in [3.63, 3.8) is 0 Å². The Bertz CT molecular complexity index is 233. The van der Waals surface area contributed by atoms with Crippen LogP contribution in [-0.2, 0) is 4.74 Å². The van der Waals surface area contributed by atoms with E-state index in [1.54, 1.807) is 0 Å². The monoisotopic (exact) mass is 197 g/mol. The smallest absolute Gasteiger partial charge is 0.0615 e. The van der Waals surface area contributed by atoms with Gasteiger partial charge in [0.25, 0.3) is 0 Å². The van der Waals surface area contributed by atoms with Gasteiger partial charge in [0.2, 0.25) is 0 Å². The molecule has 3 heteroatoms. The molecule has 0 aromatic rings. The van der Waals surface area contributed by atoms with Gasteiger partial charge >= 0.3 is 0 Å². The van der Waals surface area contributed by atoms with E-state index in [0.29, 0.717) is 18.6 Å². The van der Waals surface area contributed by atoms with Crippen LogP contribution in [0.2, 0.25) is 0 Å². The van der Waals surface area contributed by atoms with Gasteiger partial charge in [0.05, 0.1) is 13.2 Å². The molecule has 3 aliphatic rings. The first-order valence-electron chi connectivity index (χ1n) is 5.81. The molecule has 0 aromatic heterocycles. The molecule has 80 valence electrons. The molecule has 3 atom stereocenters. The summed E-state index contributed by atoms with van der Waals surface area (Å²) < 4.78 is 5.53. The van der Waals surface area contributed by atoms with Gasteiger partial charge in [0, 0.05) is 18.2 Å². The van der Waals surface area contributed by atoms with Crippen molar-refractivity contribution < 1.29 is 9.84 Å². The van der Waals surface area contributed by atoms with E-state index in [4.69, 9.17) is 4.74 Å². The third-order valence-corrected chi connectivity index (χ3v) is 4.42. The second kappa shape index (κ2) is 3.19. The van der Waals surface area contributed by atoms with E-state index in [-0.39, 0.29) is 5.54 Å². The van der Waals surface area contributed by atoms with Crippen LogP contribution in [0.3, 0.4) is 0 Å². The van der Waals surface area contributed by atoms with Crippen molar-refractivity contribution in [3.05, 3.63) is 0 Å². The quantitative estimate of drug-likeness (QED) is 0.669. The number of aliphatic hydroxyl groups is 1. The van der Waals surface area contributed by atoms with Crippen LogP contribution < -0.4 is 0 Å². The van der Waals surface area contributed by atoms with Crippen molar-refractivity contribution in [1.29, 1.82) is 0 Å². The molecule has 3 fully saturated rings. The maximum Gasteiger partial charge on any atom is 0.0615 e. The van der Waals surface area contributed by atoms with E-state index in [9.17, 15) is 5.11 Å². The molecule has 3 saturated heterocycles. The first kappa shape index (κ1) is 9.13. The summed E-state index contributed by atoms with van der Waals surface area (Å²) in [7, 11) is 0. The number of rotatable bonds is 1. The molecule has 0 amide bonds. The summed E-state index contributed by atoms with van der Waals surface area (Å²) in [6.45, 7) is 3.38. The zero-order valence-electron chi connectivity index (χ0n) is 8.61. The fourth-order valence-corrected chi connectivity index (χ4v) is 3.81. The van der Waals surface area contributed by atoms with Gasteiger partial charge in [-0.05, 0) is 38.1 Å². The first-order chi connectivity index (χ1) is 6.86. The second-order valence-corrected chi connectivity index (χ2v) is 5.07. The van der Waals surface area contributed by atoms with E-state index in [1.165, 1.54) is 25.8 Å². The summed E-state index contributed by atoms with van der Waals surface area (Å²) in [6.07, 6.45) is 4.79. The predicted octanol–water partition coefficient (Wildman–Crippen LogP) is 0.622. The highest BCUT2D eigenvalue weighted by molar-refractivity contribution is 5.08. The standard InChI is InChI=1S/C11H19NO2/c13-8-11-3-1-4-12(11)10-2-5-14-7-9(10)6-11/h9-10,13H,1-8H2. The van der Waals surface area contributed by atoms with E-state index in [0.717, 1.165) is 19.6 Å². The van der Waals surface area contributed by atoms with E-state index in [2.05, 4.69) is 4.90 Å². The topological polar surface area (TPSA) is 32.7 Å². The van der Waals surface area contributed by atoms with Crippen molar-refractivity contribution in [1.82, 2.24) is 4.90 Å². The summed E-state index contributed by atoms with van der Waals surface area (Å²) in [5.41, 5.74) is 0.142. The van der Waals surface area contributed by atoms with Gasteiger partial charge in [-0.3, -0.25) is 4.90 Å². The Hall–Kier alpha value is -0.120. The molecule has 0 saturated carbocycles. The van der Waals surface area contributed by atoms with Gasteiger partial charge < -0.3 is 9.84 Å². The number of ether oxygens (including phenoxy) is 1. The third-order valence-electron chi connectivity index (χ3n) is 4.42. The van der Waals surface area contributed by atoms with Crippen LogP contribution >= 0.6 is 0 Å². The number of hydrogen-bond donors (Lipinski definition) is 1. The van der Waals surface area contributed by atoms with Gasteiger partial charge in [-0.1, -0.05) is 0 Å². The molecule has 3 unspecified atom stereocenters. The lowest BCUT2D eigenvalue weighted by Gasteiger charge is -2.34. The average Bonchev–Trinajstić information content (AvgIpc) is 2.73. The van der Waals surface area contributed by atoms with Gasteiger partial charge in [-0.2, -0.15) is 0 Å². The Kier molecular flexibility index (Phi) is 2.08. The molecule has 0 radical (unpaired) electrons. The molecule has 0 aliphatic carbocycles. The van der Waals surface area contributed by atoms with E-state index in [1.807, 2.05) is 0 Å². The van der Waals surface area contributed by atoms with Crippen molar-refractivity contribution in [3.8, 4) is 0 Å². The Labute approximate surface area is 85.0 Å². The minimum atomic E-state index is 0.142. The van der Waals surface area contributed by atoms with Crippen LogP contribution in [0, 0.1) is 5.92 Å². The summed E-state index contributed by atoms with van der Waals surface area (Å²) >= 11 is 0. The molecule has 0 spiro atoms. The Morgan fingerprint density at radius 1 is 1.50 bits per heavy atom. The largest absolute Gasteiger partial charge is 0.394 e. The van der Waals surface area contributed by atoms with Crippen molar-refractivity contribution in [2.45, 2.75) is 37.3 Å². The third kappa shape index (κ3) is 1.09. The molecule has 1 N–H and O–H groups in total. The summed E-state index contributed by atoms with van der Waals surface area (Å²) in [5, 5.41) is 9.59. The Balaban J connectivity index is 1.86. The fourth-order valence-electron chi connectivity index (χ4n) is 3.81. The highest BCUT2D eigenvalue weighted by Crippen LogP contribution is 2.47. The molecular formula is C11H19NO2. The summed E-state index contributed by atoms with van der Waals surface area (Å²) in [5.74, 6) is 0.691. The summed E-state index contributed by atoms with van der Waals surface area (Å²) in [6, 6.07) is 0.707. The first-order valence-corrected chi connectivity index (χ1v) is 5.81. The number of aliphatic hydroxyl groups excluding tert-OH is 1. The lowest BCUT2D eigenvalue weighted by Crippen LogP contribution is -2.46. The fraction of sp³-hybridized carbons (Fsp3) is 1.00. The lowest BCUT2D eigenvalue weighted by atomic mass is 9.88. The van der Waals surface area contributed by atoms with Gasteiger partial charge in [0.1, 0.15) is 0 Å². The molecule has 3 rings (SSSR count). The van der Waals surface area contributed by atoms with Gasteiger partial charge in [-0.15, -0.1) is 0 Å². The van der Waals surface area contributed by atoms with Crippen LogP contribution in [-0.4, -0.2) is 48.0 Å². The molecule has 0 aromatic carbocycles. The molecular weight excluding hydrogens is 178 g/mol. The maximum absolute atomic E-state index is 9.59. The lowest BCUT2D eigenvalue weighted by molar-refractivity contribution is 0.0143. The van der Waals surface area contributed by atoms with Crippen molar-refractivity contribution >= 4 is 0 Å². The zero-order valence-corrected chi connectivity index (χ0v) is 8.61. The maximum atomic E-state index is 9.59. The molecule has 3 aliphatic heterocycles. The van der Waals surface area contributed by atoms with Gasteiger partial charge in [-0.25, -0.2) is 0 Å². The second-order valence-electron chi connectivity index (χ2n) is 5.07. The van der Waals surface area contributed by atoms with Crippen LogP contribution in [0.5, 0.6) is 0 Å². The van der Waals surface area contributed by atoms with E-state index >= 15 is 0 Å². The van der Waals surface area contributed by atoms with Crippen molar-refractivity contribution in [2.24, 2.45) is 5.92 Å². The normalized spacial score (nSPS) is 47.8. The summed E-state index contributed by atoms with van der Waals surface area (Å²) in [4.78, 5) is 2.58. The highest BCUT2D eigenvalue weighted by atomic mass is 16.5. The highest BCUT2D eigenvalue weighted by Gasteiger charge is 2.53. The van der Waals surface area contributed by atoms with Crippen molar-refractivity contribution in [2.75, 3.05) is 26.4 Å². The number of fused-ring (bicyclic) bond motifs is 3. The minimum absolute atomic E-state index is 0.142. The van der Waals surface area contributed by atoms with Crippen LogP contribution in [0.1, 0.15) is 25.7 Å². The Morgan fingerprint density at radius 3 is 3.29 bits per heavy atom. The number of hydrogen-bond acceptors (Lipinski definition) is 3. The molecule has 3 nitrogen and oxygen atoms in total. The van der Waals surface area contributed by atoms with Crippen LogP contribution in [0.15, 0.2) is 0 Å². The SMILES string of the molecule is OCC12CCCN1C1CCOCC1C2. The minimum Gasteiger partial charge on any atom is -0.394 e. The number of nitrogens with zero attached hydrogens (tertiary/aromatic N) is 1. The van der Waals surface area contributed by atoms with Gasteiger partial charge in [0.15, 0.2) is 0 Å². The van der Waals surface area contributed by atoms with E-state index < -0.39 is 0 Å². The predicted molar refractivity (Wildman–Crippen MR) is 53.1 cm³/mol. The molecule has 14 heavy (non-hydrogen) atoms. The van der Waals surface area contributed by atoms with Crippen LogP contribution in [0.4, 0.5) is 0 Å². The molecule has 0 bridgehead atoms.